The molecule has 0 atom stereocenters. The van der Waals surface area contributed by atoms with Gasteiger partial charge in [-0.2, -0.15) is 0 Å². The van der Waals surface area contributed by atoms with Gasteiger partial charge in [0.1, 0.15) is 0 Å². The highest BCUT2D eigenvalue weighted by Crippen LogP contribution is 2.45. The first-order valence-electron chi connectivity index (χ1n) is 7.96. The summed E-state index contributed by atoms with van der Waals surface area (Å²) >= 11 is 0. The molecule has 0 unspecified atom stereocenters. The third-order valence-corrected chi connectivity index (χ3v) is 5.98. The second-order valence-electron chi connectivity index (χ2n) is 7.13. The van der Waals surface area contributed by atoms with Crippen molar-refractivity contribution in [1.82, 2.24) is 4.90 Å². The van der Waals surface area contributed by atoms with Crippen LogP contribution in [0.4, 0.5) is 0 Å². The van der Waals surface area contributed by atoms with Gasteiger partial charge in [0.15, 0.2) is 11.6 Å². The Hall–Kier alpha value is -1.89. The zero-order valence-corrected chi connectivity index (χ0v) is 14.5. The van der Waals surface area contributed by atoms with Crippen molar-refractivity contribution in [2.24, 2.45) is 9.81 Å². The lowest BCUT2D eigenvalue weighted by Gasteiger charge is -2.38. The molecule has 0 bridgehead atoms. The molecule has 1 aromatic carbocycles. The van der Waals surface area contributed by atoms with Crippen LogP contribution in [0.3, 0.4) is 0 Å². The van der Waals surface area contributed by atoms with Gasteiger partial charge in [-0.3, -0.25) is 13.9 Å². The minimum atomic E-state index is -2.92. The van der Waals surface area contributed by atoms with E-state index in [9.17, 15) is 13.9 Å². The quantitative estimate of drug-likeness (QED) is 0.814. The number of Topliss-reactive ketones (excluding diaryl/α,β-unsaturated/α-hetero) is 1. The summed E-state index contributed by atoms with van der Waals surface area (Å²) in [6.45, 7) is 4.48. The van der Waals surface area contributed by atoms with Gasteiger partial charge in [-0.25, -0.2) is 0 Å². The van der Waals surface area contributed by atoms with Gasteiger partial charge in [-0.15, -0.1) is 4.40 Å². The molecule has 6 heteroatoms. The zero-order valence-electron chi connectivity index (χ0n) is 13.7. The van der Waals surface area contributed by atoms with E-state index < -0.39 is 10.8 Å². The molecule has 5 nitrogen and oxygen atoms in total. The molecule has 2 N–H and O–H groups in total. The molecule has 2 heterocycles. The highest BCUT2D eigenvalue weighted by atomic mass is 32.3. The van der Waals surface area contributed by atoms with Gasteiger partial charge in [0, 0.05) is 29.3 Å². The van der Waals surface area contributed by atoms with E-state index in [2.05, 4.69) is 4.40 Å². The molecule has 1 aromatic rings. The van der Waals surface area contributed by atoms with Gasteiger partial charge in [0.05, 0.1) is 5.75 Å². The van der Waals surface area contributed by atoms with Crippen molar-refractivity contribution in [2.75, 3.05) is 12.3 Å². The van der Waals surface area contributed by atoms with E-state index in [-0.39, 0.29) is 17.0 Å². The van der Waals surface area contributed by atoms with Gasteiger partial charge in [0.2, 0.25) is 0 Å². The summed E-state index contributed by atoms with van der Waals surface area (Å²) in [6.07, 6.45) is 6.49. The summed E-state index contributed by atoms with van der Waals surface area (Å²) in [5.74, 6) is 1.03. The molecule has 0 fully saturated rings. The molecule has 0 amide bonds. The lowest BCUT2D eigenvalue weighted by atomic mass is 9.89. The zero-order chi connectivity index (χ0) is 17.1. The average molecular weight is 344 g/mol. The number of carbonyl (C=O) groups is 1. The number of nitrogens with zero attached hydrogens (tertiary/aromatic N) is 2. The number of allylic oxidation sites excluding steroid dienone is 2. The van der Waals surface area contributed by atoms with E-state index in [1.54, 1.807) is 0 Å². The van der Waals surface area contributed by atoms with E-state index in [1.165, 1.54) is 0 Å². The lowest BCUT2D eigenvalue weighted by molar-refractivity contribution is 0.0863. The molecular formula is C18H20N2O3S. The molecule has 0 spiro atoms. The Morgan fingerprint density at radius 2 is 2.08 bits per heavy atom. The van der Waals surface area contributed by atoms with Crippen molar-refractivity contribution < 1.29 is 13.9 Å². The van der Waals surface area contributed by atoms with Crippen molar-refractivity contribution in [3.63, 3.8) is 0 Å². The fourth-order valence-corrected chi connectivity index (χ4v) is 4.52. The van der Waals surface area contributed by atoms with Crippen LogP contribution in [0.25, 0.3) is 5.57 Å². The van der Waals surface area contributed by atoms with E-state index in [4.69, 9.17) is 0 Å². The highest BCUT2D eigenvalue weighted by molar-refractivity contribution is 8.23. The summed E-state index contributed by atoms with van der Waals surface area (Å²) in [7, 11) is -2.92. The van der Waals surface area contributed by atoms with Crippen molar-refractivity contribution >= 4 is 28.0 Å². The second-order valence-corrected chi connectivity index (χ2v) is 8.98. The molecule has 126 valence electrons. The van der Waals surface area contributed by atoms with E-state index in [0.29, 0.717) is 12.4 Å². The van der Waals surface area contributed by atoms with Gasteiger partial charge in [0.25, 0.3) is 0 Å². The topological polar surface area (TPSA) is 73.1 Å². The average Bonchev–Trinajstić information content (AvgIpc) is 2.75. The Labute approximate surface area is 142 Å². The number of carbonyl (C=O) groups excluding carboxylic acids is 1. The van der Waals surface area contributed by atoms with Gasteiger partial charge >= 0.3 is 0 Å². The Bertz CT molecular complexity index is 837. The highest BCUT2D eigenvalue weighted by Gasteiger charge is 2.38. The Morgan fingerprint density at radius 3 is 2.88 bits per heavy atom. The molecule has 0 saturated carbocycles. The molecule has 2 aliphatic heterocycles. The maximum Gasteiger partial charge on any atom is 0.169 e. The van der Waals surface area contributed by atoms with Crippen LogP contribution in [0.5, 0.6) is 0 Å². The number of rotatable bonds is 1. The summed E-state index contributed by atoms with van der Waals surface area (Å²) in [5.41, 5.74) is 3.29. The first-order valence-corrected chi connectivity index (χ1v) is 9.64. The smallest absolute Gasteiger partial charge is 0.169 e. The number of ketones is 1. The number of hydrogen-bond acceptors (Lipinski definition) is 5. The Morgan fingerprint density at radius 1 is 1.29 bits per heavy atom. The normalized spacial score (nSPS) is 24.8. The fraction of sp³-hybridized carbons (Fsp3) is 0.333. The van der Waals surface area contributed by atoms with Gasteiger partial charge in [-0.05, 0) is 29.7 Å². The monoisotopic (exact) mass is 344 g/mol. The first kappa shape index (κ1) is 15.6. The molecule has 0 radical (unpaired) electrons. The molecule has 1 aliphatic carbocycles. The predicted octanol–water partition coefficient (Wildman–Crippen LogP) is 3.74. The van der Waals surface area contributed by atoms with Gasteiger partial charge in [-0.1, -0.05) is 42.8 Å². The van der Waals surface area contributed by atoms with Crippen LogP contribution in [0.2, 0.25) is 0 Å². The van der Waals surface area contributed by atoms with Crippen LogP contribution in [0.1, 0.15) is 35.3 Å². The third-order valence-electron chi connectivity index (χ3n) is 4.79. The molecular weight excluding hydrogens is 324 g/mol. The van der Waals surface area contributed by atoms with Gasteiger partial charge < -0.3 is 4.90 Å². The maximum atomic E-state index is 12.4. The largest absolute Gasteiger partial charge is 0.330 e. The van der Waals surface area contributed by atoms with Crippen LogP contribution in [0, 0.1) is 5.41 Å². The standard InChI is InChI=1S/C18H20N2O3S/c1-18(2)11-13-10-12(5-6-14(13)16(18)21)15-4-3-7-20-8-9-24(22,23)19-17(15)20/h3-7,10,22-23H,8-9,11H2,1-2H3. The van der Waals surface area contributed by atoms with Crippen molar-refractivity contribution in [3.05, 3.63) is 53.2 Å². The Balaban J connectivity index is 1.78. The SMILES string of the molecule is CC1(C)Cc2cc(C3=CC=CN4CCS(O)(O)N=C34)ccc2C1=O. The summed E-state index contributed by atoms with van der Waals surface area (Å²) in [4.78, 5) is 14.3. The molecule has 0 aromatic heterocycles. The minimum absolute atomic E-state index is 0.187. The number of benzene rings is 1. The minimum Gasteiger partial charge on any atom is -0.330 e. The number of amidine groups is 1. The first-order chi connectivity index (χ1) is 11.3. The fourth-order valence-electron chi connectivity index (χ4n) is 3.51. The summed E-state index contributed by atoms with van der Waals surface area (Å²) < 4.78 is 24.1. The van der Waals surface area contributed by atoms with Crippen LogP contribution in [-0.2, 0) is 6.42 Å². The van der Waals surface area contributed by atoms with Crippen molar-refractivity contribution in [1.29, 1.82) is 0 Å². The van der Waals surface area contributed by atoms with Crippen LogP contribution in [-0.4, -0.2) is 37.9 Å². The van der Waals surface area contributed by atoms with E-state index in [1.807, 2.05) is 55.3 Å². The van der Waals surface area contributed by atoms with E-state index in [0.717, 1.165) is 28.7 Å². The van der Waals surface area contributed by atoms with Crippen LogP contribution >= 0.6 is 10.8 Å². The second kappa shape index (κ2) is 5.05. The third kappa shape index (κ3) is 2.42. The maximum absolute atomic E-state index is 12.4. The molecule has 3 aliphatic rings. The van der Waals surface area contributed by atoms with E-state index >= 15 is 0 Å². The molecule has 24 heavy (non-hydrogen) atoms. The molecule has 0 saturated heterocycles. The number of hydrogen-bond donors (Lipinski definition) is 2. The van der Waals surface area contributed by atoms with Crippen molar-refractivity contribution in [3.8, 4) is 0 Å². The number of fused-ring (bicyclic) bond motifs is 2. The lowest BCUT2D eigenvalue weighted by Crippen LogP contribution is -2.36. The summed E-state index contributed by atoms with van der Waals surface area (Å²) in [5, 5.41) is 0. The van der Waals surface area contributed by atoms with Crippen LogP contribution in [0.15, 0.2) is 40.9 Å². The Kier molecular flexibility index (Phi) is 3.29. The summed E-state index contributed by atoms with van der Waals surface area (Å²) in [6, 6.07) is 5.84. The van der Waals surface area contributed by atoms with Crippen molar-refractivity contribution in [2.45, 2.75) is 20.3 Å². The predicted molar refractivity (Wildman–Crippen MR) is 97.2 cm³/mol. The molecule has 4 rings (SSSR count). The van der Waals surface area contributed by atoms with Crippen LogP contribution < -0.4 is 0 Å².